The largest absolute Gasteiger partial charge is 0.396 e. The van der Waals surface area contributed by atoms with Crippen molar-refractivity contribution >= 4 is 0 Å². The summed E-state index contributed by atoms with van der Waals surface area (Å²) in [6.07, 6.45) is 9.47. The van der Waals surface area contributed by atoms with E-state index in [-0.39, 0.29) is 12.7 Å². The van der Waals surface area contributed by atoms with Gasteiger partial charge in [-0.15, -0.1) is 0 Å². The number of hydrogen-bond donors (Lipinski definition) is 2. The molecule has 1 saturated carbocycles. The number of hydrogen-bond acceptors (Lipinski definition) is 2. The second-order valence-corrected chi connectivity index (χ2v) is 4.67. The lowest BCUT2D eigenvalue weighted by Crippen LogP contribution is -2.04. The van der Waals surface area contributed by atoms with Crippen molar-refractivity contribution in [1.82, 2.24) is 0 Å². The highest BCUT2D eigenvalue weighted by molar-refractivity contribution is 4.59. The fraction of sp³-hybridized carbons (Fsp3) is 1.00. The Hall–Kier alpha value is -0.0800. The van der Waals surface area contributed by atoms with Gasteiger partial charge in [0.2, 0.25) is 0 Å². The zero-order chi connectivity index (χ0) is 11.5. The zero-order valence-corrected chi connectivity index (χ0v) is 10.4. The first-order valence-corrected chi connectivity index (χ1v) is 6.49. The van der Waals surface area contributed by atoms with Gasteiger partial charge < -0.3 is 10.2 Å². The third kappa shape index (κ3) is 10.2. The Kier molecular flexibility index (Phi) is 10.4. The monoisotopic (exact) mass is 216 g/mol. The molecule has 0 aromatic heterocycles. The highest BCUT2D eigenvalue weighted by atomic mass is 16.3. The molecular weight excluding hydrogens is 188 g/mol. The van der Waals surface area contributed by atoms with Gasteiger partial charge in [0, 0.05) is 6.61 Å². The molecule has 1 aliphatic carbocycles. The average molecular weight is 216 g/mol. The van der Waals surface area contributed by atoms with E-state index in [2.05, 4.69) is 6.92 Å². The van der Waals surface area contributed by atoms with Crippen LogP contribution >= 0.6 is 0 Å². The molecule has 0 aromatic carbocycles. The molecule has 0 aliphatic heterocycles. The average Bonchev–Trinajstić information content (AvgIpc) is 2.28. The molecule has 0 heterocycles. The van der Waals surface area contributed by atoms with Crippen LogP contribution in [0.1, 0.15) is 65.2 Å². The van der Waals surface area contributed by atoms with Crippen molar-refractivity contribution in [3.05, 3.63) is 0 Å². The summed E-state index contributed by atoms with van der Waals surface area (Å²) < 4.78 is 0. The minimum absolute atomic E-state index is 0.192. The molecule has 1 unspecified atom stereocenters. The Labute approximate surface area is 94.7 Å². The third-order valence-corrected chi connectivity index (χ3v) is 3.06. The van der Waals surface area contributed by atoms with Crippen LogP contribution in [-0.2, 0) is 0 Å². The summed E-state index contributed by atoms with van der Waals surface area (Å²) in [6.45, 7) is 4.48. The third-order valence-electron chi connectivity index (χ3n) is 3.06. The Morgan fingerprint density at radius 1 is 1.20 bits per heavy atom. The molecule has 1 atom stereocenters. The van der Waals surface area contributed by atoms with Crippen molar-refractivity contribution < 1.29 is 10.2 Å². The lowest BCUT2D eigenvalue weighted by molar-refractivity contribution is 0.146. The highest BCUT2D eigenvalue weighted by Crippen LogP contribution is 2.22. The quantitative estimate of drug-likeness (QED) is 0.758. The normalized spacial score (nSPS) is 19.2. The number of aliphatic hydroxyl groups excluding tert-OH is 2. The second-order valence-electron chi connectivity index (χ2n) is 4.67. The van der Waals surface area contributed by atoms with E-state index in [0.29, 0.717) is 0 Å². The van der Waals surface area contributed by atoms with E-state index in [4.69, 9.17) is 10.2 Å². The van der Waals surface area contributed by atoms with Crippen molar-refractivity contribution in [2.75, 3.05) is 6.61 Å². The summed E-state index contributed by atoms with van der Waals surface area (Å²) in [5.41, 5.74) is 0. The summed E-state index contributed by atoms with van der Waals surface area (Å²) in [4.78, 5) is 0. The molecule has 15 heavy (non-hydrogen) atoms. The zero-order valence-electron chi connectivity index (χ0n) is 10.4. The molecular formula is C13H28O2. The maximum absolute atomic E-state index is 8.88. The van der Waals surface area contributed by atoms with Crippen LogP contribution in [0.25, 0.3) is 0 Å². The molecule has 0 radical (unpaired) electrons. The van der Waals surface area contributed by atoms with Crippen LogP contribution in [0.15, 0.2) is 0 Å². The van der Waals surface area contributed by atoms with Crippen molar-refractivity contribution in [1.29, 1.82) is 0 Å². The van der Waals surface area contributed by atoms with E-state index in [0.717, 1.165) is 25.2 Å². The standard InChI is InChI=1S/C7H14.C6H14O2/c1-7-5-3-2-4-6-7;1-2-6(8)4-3-5-7/h7H,2-6H2,1H3;6-8H,2-5H2,1H3. The molecule has 1 fully saturated rings. The molecule has 1 aliphatic rings. The first kappa shape index (κ1) is 14.9. The van der Waals surface area contributed by atoms with Crippen molar-refractivity contribution in [3.63, 3.8) is 0 Å². The van der Waals surface area contributed by atoms with E-state index >= 15 is 0 Å². The fourth-order valence-electron chi connectivity index (χ4n) is 1.84. The van der Waals surface area contributed by atoms with Gasteiger partial charge in [0.05, 0.1) is 6.10 Å². The number of aliphatic hydroxyl groups is 2. The Morgan fingerprint density at radius 2 is 1.80 bits per heavy atom. The van der Waals surface area contributed by atoms with E-state index in [1.807, 2.05) is 6.92 Å². The fourth-order valence-corrected chi connectivity index (χ4v) is 1.84. The molecule has 0 saturated heterocycles. The van der Waals surface area contributed by atoms with Crippen LogP contribution in [0.3, 0.4) is 0 Å². The van der Waals surface area contributed by atoms with Crippen LogP contribution in [0.5, 0.6) is 0 Å². The molecule has 92 valence electrons. The van der Waals surface area contributed by atoms with E-state index in [1.165, 1.54) is 32.1 Å². The first-order valence-electron chi connectivity index (χ1n) is 6.49. The van der Waals surface area contributed by atoms with Crippen molar-refractivity contribution in [2.24, 2.45) is 5.92 Å². The Balaban J connectivity index is 0.000000262. The lowest BCUT2D eigenvalue weighted by atomic mass is 9.91. The van der Waals surface area contributed by atoms with Gasteiger partial charge in [-0.1, -0.05) is 46.0 Å². The van der Waals surface area contributed by atoms with Crippen LogP contribution in [-0.4, -0.2) is 22.9 Å². The van der Waals surface area contributed by atoms with Crippen LogP contribution in [0.2, 0.25) is 0 Å². The molecule has 0 amide bonds. The number of rotatable bonds is 4. The summed E-state index contributed by atoms with van der Waals surface area (Å²) in [5, 5.41) is 17.2. The van der Waals surface area contributed by atoms with Gasteiger partial charge in [0.15, 0.2) is 0 Å². The summed E-state index contributed by atoms with van der Waals surface area (Å²) >= 11 is 0. The minimum atomic E-state index is -0.206. The van der Waals surface area contributed by atoms with Crippen LogP contribution < -0.4 is 0 Å². The summed E-state index contributed by atoms with van der Waals surface area (Å²) in [5.74, 6) is 1.04. The molecule has 2 nitrogen and oxygen atoms in total. The highest BCUT2D eigenvalue weighted by Gasteiger charge is 2.05. The molecule has 2 heteroatoms. The summed E-state index contributed by atoms with van der Waals surface area (Å²) in [7, 11) is 0. The van der Waals surface area contributed by atoms with Crippen molar-refractivity contribution in [3.8, 4) is 0 Å². The lowest BCUT2D eigenvalue weighted by Gasteiger charge is -2.15. The Bertz CT molecular complexity index is 120. The van der Waals surface area contributed by atoms with Gasteiger partial charge >= 0.3 is 0 Å². The molecule has 1 rings (SSSR count). The van der Waals surface area contributed by atoms with Gasteiger partial charge in [-0.05, 0) is 25.2 Å². The van der Waals surface area contributed by atoms with Gasteiger partial charge in [-0.25, -0.2) is 0 Å². The maximum atomic E-state index is 8.88. The minimum Gasteiger partial charge on any atom is -0.396 e. The van der Waals surface area contributed by atoms with Gasteiger partial charge in [0.1, 0.15) is 0 Å². The second kappa shape index (κ2) is 10.4. The smallest absolute Gasteiger partial charge is 0.0538 e. The molecule has 0 spiro atoms. The predicted molar refractivity (Wildman–Crippen MR) is 64.9 cm³/mol. The molecule has 2 N–H and O–H groups in total. The predicted octanol–water partition coefficient (Wildman–Crippen LogP) is 3.12. The molecule has 0 aromatic rings. The molecule has 0 bridgehead atoms. The van der Waals surface area contributed by atoms with E-state index in [1.54, 1.807) is 0 Å². The Morgan fingerprint density at radius 3 is 2.13 bits per heavy atom. The first-order chi connectivity index (χ1) is 7.20. The SMILES string of the molecule is CC1CCCCC1.CCC(O)CCCO. The van der Waals surface area contributed by atoms with E-state index < -0.39 is 0 Å². The summed E-state index contributed by atoms with van der Waals surface area (Å²) in [6, 6.07) is 0. The van der Waals surface area contributed by atoms with Gasteiger partial charge in [0.25, 0.3) is 0 Å². The van der Waals surface area contributed by atoms with Crippen LogP contribution in [0, 0.1) is 5.92 Å². The van der Waals surface area contributed by atoms with Crippen molar-refractivity contribution in [2.45, 2.75) is 71.3 Å². The maximum Gasteiger partial charge on any atom is 0.0538 e. The topological polar surface area (TPSA) is 40.5 Å². The van der Waals surface area contributed by atoms with Gasteiger partial charge in [-0.2, -0.15) is 0 Å². The van der Waals surface area contributed by atoms with E-state index in [9.17, 15) is 0 Å². The van der Waals surface area contributed by atoms with Gasteiger partial charge in [-0.3, -0.25) is 0 Å². The van der Waals surface area contributed by atoms with Crippen LogP contribution in [0.4, 0.5) is 0 Å².